The number of rotatable bonds is 7. The molecule has 130 valence electrons. The summed E-state index contributed by atoms with van der Waals surface area (Å²) in [6, 6.07) is 15.8. The van der Waals surface area contributed by atoms with Gasteiger partial charge in [0.1, 0.15) is 5.75 Å². The SMILES string of the molecule is Cc1cc(Br)cc(C)c1OCC(=O)N(CCC#N)Cc1ccccc1. The number of ether oxygens (including phenoxy) is 1. The lowest BCUT2D eigenvalue weighted by Crippen LogP contribution is -2.35. The highest BCUT2D eigenvalue weighted by Gasteiger charge is 2.16. The third kappa shape index (κ3) is 5.61. The molecule has 0 aliphatic carbocycles. The number of nitrogens with zero attached hydrogens (tertiary/aromatic N) is 2. The normalized spacial score (nSPS) is 10.2. The summed E-state index contributed by atoms with van der Waals surface area (Å²) in [5.41, 5.74) is 2.99. The number of aryl methyl sites for hydroxylation is 2. The molecule has 0 aliphatic rings. The van der Waals surface area contributed by atoms with E-state index < -0.39 is 0 Å². The van der Waals surface area contributed by atoms with Crippen LogP contribution in [-0.4, -0.2) is 24.0 Å². The van der Waals surface area contributed by atoms with Crippen molar-refractivity contribution in [2.75, 3.05) is 13.2 Å². The van der Waals surface area contributed by atoms with Crippen molar-refractivity contribution in [1.82, 2.24) is 4.90 Å². The van der Waals surface area contributed by atoms with E-state index in [1.54, 1.807) is 4.90 Å². The summed E-state index contributed by atoms with van der Waals surface area (Å²) >= 11 is 3.45. The molecule has 0 N–H and O–H groups in total. The summed E-state index contributed by atoms with van der Waals surface area (Å²) in [6.45, 7) is 4.74. The highest BCUT2D eigenvalue weighted by atomic mass is 79.9. The lowest BCUT2D eigenvalue weighted by molar-refractivity contribution is -0.133. The Balaban J connectivity index is 2.05. The number of halogens is 1. The minimum Gasteiger partial charge on any atom is -0.483 e. The van der Waals surface area contributed by atoms with Crippen molar-refractivity contribution in [3.05, 3.63) is 63.6 Å². The van der Waals surface area contributed by atoms with Gasteiger partial charge in [-0.1, -0.05) is 46.3 Å². The van der Waals surface area contributed by atoms with Gasteiger partial charge in [-0.25, -0.2) is 0 Å². The third-order valence-electron chi connectivity index (χ3n) is 3.83. The van der Waals surface area contributed by atoms with E-state index >= 15 is 0 Å². The fourth-order valence-corrected chi connectivity index (χ4v) is 3.32. The molecule has 4 nitrogen and oxygen atoms in total. The fraction of sp³-hybridized carbons (Fsp3) is 0.300. The number of carbonyl (C=O) groups is 1. The van der Waals surface area contributed by atoms with Crippen LogP contribution < -0.4 is 4.74 Å². The van der Waals surface area contributed by atoms with Gasteiger partial charge in [-0.2, -0.15) is 5.26 Å². The summed E-state index contributed by atoms with van der Waals surface area (Å²) in [4.78, 5) is 14.3. The van der Waals surface area contributed by atoms with Crippen molar-refractivity contribution in [2.24, 2.45) is 0 Å². The van der Waals surface area contributed by atoms with E-state index in [2.05, 4.69) is 22.0 Å². The monoisotopic (exact) mass is 400 g/mol. The van der Waals surface area contributed by atoms with Gasteiger partial charge in [-0.3, -0.25) is 4.79 Å². The summed E-state index contributed by atoms with van der Waals surface area (Å²) < 4.78 is 6.78. The van der Waals surface area contributed by atoms with Crippen LogP contribution in [0.15, 0.2) is 46.9 Å². The first-order chi connectivity index (χ1) is 12.0. The van der Waals surface area contributed by atoms with Crippen LogP contribution in [0.1, 0.15) is 23.1 Å². The highest BCUT2D eigenvalue weighted by Crippen LogP contribution is 2.27. The molecule has 5 heteroatoms. The van der Waals surface area contributed by atoms with E-state index in [9.17, 15) is 4.79 Å². The molecule has 0 saturated carbocycles. The number of carbonyl (C=O) groups excluding carboxylic acids is 1. The van der Waals surface area contributed by atoms with Crippen molar-refractivity contribution in [1.29, 1.82) is 5.26 Å². The molecule has 25 heavy (non-hydrogen) atoms. The highest BCUT2D eigenvalue weighted by molar-refractivity contribution is 9.10. The second kappa shape index (κ2) is 9.24. The molecule has 1 amide bonds. The van der Waals surface area contributed by atoms with Crippen molar-refractivity contribution >= 4 is 21.8 Å². The maximum absolute atomic E-state index is 12.6. The Labute approximate surface area is 157 Å². The molecule has 0 fully saturated rings. The van der Waals surface area contributed by atoms with Crippen LogP contribution in [0.25, 0.3) is 0 Å². The molecule has 0 unspecified atom stereocenters. The first-order valence-corrected chi connectivity index (χ1v) is 8.88. The van der Waals surface area contributed by atoms with Crippen molar-refractivity contribution in [3.63, 3.8) is 0 Å². The van der Waals surface area contributed by atoms with Crippen LogP contribution in [0, 0.1) is 25.2 Å². The Morgan fingerprint density at radius 2 is 1.84 bits per heavy atom. The summed E-state index contributed by atoms with van der Waals surface area (Å²) in [5.74, 6) is 0.609. The molecule has 0 bridgehead atoms. The van der Waals surface area contributed by atoms with Crippen LogP contribution in [0.4, 0.5) is 0 Å². The van der Waals surface area contributed by atoms with Gasteiger partial charge in [0.05, 0.1) is 12.5 Å². The summed E-state index contributed by atoms with van der Waals surface area (Å²) in [6.07, 6.45) is 0.301. The second-order valence-electron chi connectivity index (χ2n) is 5.87. The lowest BCUT2D eigenvalue weighted by Gasteiger charge is -2.22. The Hall–Kier alpha value is -2.32. The Morgan fingerprint density at radius 1 is 1.20 bits per heavy atom. The largest absolute Gasteiger partial charge is 0.483 e. The van der Waals surface area contributed by atoms with Gasteiger partial charge in [0.25, 0.3) is 5.91 Å². The van der Waals surface area contributed by atoms with E-state index in [0.29, 0.717) is 19.5 Å². The fourth-order valence-electron chi connectivity index (χ4n) is 2.63. The first-order valence-electron chi connectivity index (χ1n) is 8.09. The molecule has 0 aliphatic heterocycles. The van der Waals surface area contributed by atoms with Gasteiger partial charge in [0, 0.05) is 17.6 Å². The predicted octanol–water partition coefficient (Wildman–Crippen LogP) is 4.39. The predicted molar refractivity (Wildman–Crippen MR) is 101 cm³/mol. The minimum absolute atomic E-state index is 0.0401. The van der Waals surface area contributed by atoms with E-state index in [0.717, 1.165) is 26.9 Å². The van der Waals surface area contributed by atoms with Gasteiger partial charge < -0.3 is 9.64 Å². The number of nitriles is 1. The molecule has 0 atom stereocenters. The number of benzene rings is 2. The smallest absolute Gasteiger partial charge is 0.260 e. The van der Waals surface area contributed by atoms with E-state index in [4.69, 9.17) is 10.00 Å². The lowest BCUT2D eigenvalue weighted by atomic mass is 10.1. The van der Waals surface area contributed by atoms with E-state index in [1.807, 2.05) is 56.3 Å². The van der Waals surface area contributed by atoms with E-state index in [1.165, 1.54) is 0 Å². The molecule has 2 rings (SSSR count). The Morgan fingerprint density at radius 3 is 2.44 bits per heavy atom. The molecule has 0 radical (unpaired) electrons. The molecule has 2 aromatic rings. The zero-order chi connectivity index (χ0) is 18.2. The van der Waals surface area contributed by atoms with Crippen LogP contribution in [0.3, 0.4) is 0 Å². The average molecular weight is 401 g/mol. The molecule has 2 aromatic carbocycles. The molecule has 0 saturated heterocycles. The van der Waals surface area contributed by atoms with Crippen LogP contribution in [0.5, 0.6) is 5.75 Å². The minimum atomic E-state index is -0.124. The number of hydrogen-bond acceptors (Lipinski definition) is 3. The standard InChI is InChI=1S/C20H21BrN2O2/c1-15-11-18(21)12-16(2)20(15)25-14-19(24)23(10-6-9-22)13-17-7-4-3-5-8-17/h3-5,7-8,11-12H,6,10,13-14H2,1-2H3. The van der Waals surface area contributed by atoms with Crippen LogP contribution in [-0.2, 0) is 11.3 Å². The molecular formula is C20H21BrN2O2. The van der Waals surface area contributed by atoms with Gasteiger partial charge in [-0.05, 0) is 42.7 Å². The van der Waals surface area contributed by atoms with E-state index in [-0.39, 0.29) is 12.5 Å². The zero-order valence-electron chi connectivity index (χ0n) is 14.5. The molecule has 0 spiro atoms. The zero-order valence-corrected chi connectivity index (χ0v) is 16.0. The first kappa shape index (κ1) is 19.0. The summed E-state index contributed by atoms with van der Waals surface area (Å²) in [5, 5.41) is 8.85. The third-order valence-corrected chi connectivity index (χ3v) is 4.29. The number of hydrogen-bond donors (Lipinski definition) is 0. The quantitative estimate of drug-likeness (QED) is 0.692. The Bertz CT molecular complexity index is 746. The van der Waals surface area contributed by atoms with Gasteiger partial charge in [0.15, 0.2) is 6.61 Å². The maximum atomic E-state index is 12.6. The molecule has 0 aromatic heterocycles. The summed E-state index contributed by atoms with van der Waals surface area (Å²) in [7, 11) is 0. The van der Waals surface area contributed by atoms with Crippen molar-refractivity contribution < 1.29 is 9.53 Å². The Kier molecular flexibility index (Phi) is 7.03. The number of amides is 1. The second-order valence-corrected chi connectivity index (χ2v) is 6.78. The van der Waals surface area contributed by atoms with Gasteiger partial charge in [0.2, 0.25) is 0 Å². The van der Waals surface area contributed by atoms with Gasteiger partial charge >= 0.3 is 0 Å². The van der Waals surface area contributed by atoms with Crippen molar-refractivity contribution in [2.45, 2.75) is 26.8 Å². The topological polar surface area (TPSA) is 53.3 Å². The van der Waals surface area contributed by atoms with Crippen LogP contribution in [0.2, 0.25) is 0 Å². The maximum Gasteiger partial charge on any atom is 0.260 e. The molecular weight excluding hydrogens is 380 g/mol. The van der Waals surface area contributed by atoms with Gasteiger partial charge in [-0.15, -0.1) is 0 Å². The van der Waals surface area contributed by atoms with Crippen molar-refractivity contribution in [3.8, 4) is 11.8 Å². The van der Waals surface area contributed by atoms with Crippen LogP contribution >= 0.6 is 15.9 Å². The average Bonchev–Trinajstić information content (AvgIpc) is 2.58. The molecule has 0 heterocycles.